The minimum atomic E-state index is -0.543. The zero-order valence-electron chi connectivity index (χ0n) is 19.4. The molecule has 0 aliphatic carbocycles. The minimum absolute atomic E-state index is 0.141. The molecule has 0 saturated heterocycles. The first kappa shape index (κ1) is 26.9. The van der Waals surface area contributed by atoms with E-state index in [0.29, 0.717) is 49.2 Å². The van der Waals surface area contributed by atoms with Gasteiger partial charge in [0, 0.05) is 33.1 Å². The third-order valence-corrected chi connectivity index (χ3v) is 7.81. The lowest BCUT2D eigenvalue weighted by atomic mass is 10.2. The number of aromatic nitrogens is 3. The molecule has 37 heavy (non-hydrogen) atoms. The molecule has 10 nitrogen and oxygen atoms in total. The van der Waals surface area contributed by atoms with Crippen LogP contribution in [0.1, 0.15) is 24.7 Å². The highest BCUT2D eigenvalue weighted by molar-refractivity contribution is 9.13. The molecule has 0 radical (unpaired) electrons. The van der Waals surface area contributed by atoms with E-state index in [9.17, 15) is 14.9 Å². The first-order valence-electron chi connectivity index (χ1n) is 10.8. The van der Waals surface area contributed by atoms with E-state index < -0.39 is 4.92 Å². The van der Waals surface area contributed by atoms with Crippen LogP contribution in [0.2, 0.25) is 0 Å². The second-order valence-corrected chi connectivity index (χ2v) is 10.1. The fourth-order valence-corrected chi connectivity index (χ4v) is 4.67. The van der Waals surface area contributed by atoms with Gasteiger partial charge in [-0.15, -0.1) is 0 Å². The molecule has 2 aromatic heterocycles. The van der Waals surface area contributed by atoms with Gasteiger partial charge in [0.25, 0.3) is 11.2 Å². The summed E-state index contributed by atoms with van der Waals surface area (Å²) >= 11 is 10.4. The highest BCUT2D eigenvalue weighted by Crippen LogP contribution is 2.44. The van der Waals surface area contributed by atoms with E-state index in [2.05, 4.69) is 62.9 Å². The van der Waals surface area contributed by atoms with Gasteiger partial charge in [-0.2, -0.15) is 9.78 Å². The quantitative estimate of drug-likeness (QED) is 0.115. The summed E-state index contributed by atoms with van der Waals surface area (Å²) in [5.74, 6) is 1.33. The molecule has 2 heterocycles. The molecule has 0 aliphatic heterocycles. The molecule has 0 unspecified atom stereocenters. The van der Waals surface area contributed by atoms with Gasteiger partial charge in [-0.05, 0) is 62.5 Å². The maximum atomic E-state index is 13.3. The molecule has 0 spiro atoms. The topological polar surface area (TPSA) is 122 Å². The van der Waals surface area contributed by atoms with Gasteiger partial charge in [0.15, 0.2) is 11.5 Å². The number of methoxy groups -OCH3 is 1. The molecule has 0 fully saturated rings. The number of nitrogens with zero attached hydrogens (tertiary/aromatic N) is 5. The summed E-state index contributed by atoms with van der Waals surface area (Å²) in [7, 11) is 1.47. The molecular formula is C24H18Br3N5O5. The van der Waals surface area contributed by atoms with Crippen molar-refractivity contribution in [3.8, 4) is 17.4 Å². The lowest BCUT2D eigenvalue weighted by Gasteiger charge is -2.14. The molecule has 2 aromatic carbocycles. The maximum Gasteiger partial charge on any atom is 0.287 e. The molecule has 0 amide bonds. The van der Waals surface area contributed by atoms with Crippen molar-refractivity contribution in [3.05, 3.63) is 87.9 Å². The van der Waals surface area contributed by atoms with Crippen LogP contribution >= 0.6 is 47.8 Å². The van der Waals surface area contributed by atoms with E-state index in [-0.39, 0.29) is 17.1 Å². The smallest absolute Gasteiger partial charge is 0.287 e. The number of pyridine rings is 1. The summed E-state index contributed by atoms with van der Waals surface area (Å²) < 4.78 is 14.5. The number of aryl methyl sites for hydroxylation is 1. The number of nitro groups is 1. The average molecular weight is 696 g/mol. The molecule has 0 N–H and O–H groups in total. The molecule has 0 aliphatic rings. The summed E-state index contributed by atoms with van der Waals surface area (Å²) in [6.07, 6.45) is 3.99. The molecule has 0 bridgehead atoms. The van der Waals surface area contributed by atoms with E-state index in [1.807, 2.05) is 13.0 Å². The Morgan fingerprint density at radius 1 is 1.16 bits per heavy atom. The first-order chi connectivity index (χ1) is 17.7. The van der Waals surface area contributed by atoms with Crippen molar-refractivity contribution < 1.29 is 14.4 Å². The second kappa shape index (κ2) is 11.5. The molecule has 13 heteroatoms. The van der Waals surface area contributed by atoms with Crippen LogP contribution in [0.3, 0.4) is 0 Å². The maximum absolute atomic E-state index is 13.3. The number of rotatable bonds is 8. The second-order valence-electron chi connectivity index (χ2n) is 7.64. The average Bonchev–Trinajstić information content (AvgIpc) is 2.88. The lowest BCUT2D eigenvalue weighted by molar-refractivity contribution is -0.385. The number of fused-ring (bicyclic) bond motifs is 1. The summed E-state index contributed by atoms with van der Waals surface area (Å²) in [5.41, 5.74) is 0.767. The molecule has 190 valence electrons. The Hall–Kier alpha value is -3.16. The summed E-state index contributed by atoms with van der Waals surface area (Å²) in [4.78, 5) is 32.2. The van der Waals surface area contributed by atoms with E-state index in [4.69, 9.17) is 9.47 Å². The van der Waals surface area contributed by atoms with Crippen molar-refractivity contribution in [3.63, 3.8) is 0 Å². The predicted molar refractivity (Wildman–Crippen MR) is 150 cm³/mol. The molecule has 0 saturated carbocycles. The standard InChI is InChI=1S/C24H18Br3N5O5/c1-3-4-19-30-17-7-5-14(25)10-16(17)24(33)31(19)29-11-13-9-18(36-2)23(22(27)21(13)26)37-20-8-6-15(12-28-20)32(34)35/h5-12H,3-4H2,1-2H3. The van der Waals surface area contributed by atoms with Crippen LogP contribution < -0.4 is 15.0 Å². The number of hydrogen-bond acceptors (Lipinski definition) is 8. The van der Waals surface area contributed by atoms with Gasteiger partial charge in [-0.1, -0.05) is 22.9 Å². The zero-order chi connectivity index (χ0) is 26.7. The van der Waals surface area contributed by atoms with Gasteiger partial charge in [-0.25, -0.2) is 9.97 Å². The molecule has 4 aromatic rings. The number of ether oxygens (including phenoxy) is 2. The van der Waals surface area contributed by atoms with Gasteiger partial charge in [0.05, 0.1) is 33.6 Å². The highest BCUT2D eigenvalue weighted by Gasteiger charge is 2.19. The summed E-state index contributed by atoms with van der Waals surface area (Å²) in [6, 6.07) is 9.72. The number of halogens is 3. The van der Waals surface area contributed by atoms with Crippen LogP contribution in [0.15, 0.2) is 65.9 Å². The zero-order valence-corrected chi connectivity index (χ0v) is 24.2. The van der Waals surface area contributed by atoms with Gasteiger partial charge in [-0.3, -0.25) is 14.9 Å². The van der Waals surface area contributed by atoms with E-state index >= 15 is 0 Å². The molecule has 0 atom stereocenters. The van der Waals surface area contributed by atoms with Crippen molar-refractivity contribution in [2.45, 2.75) is 19.8 Å². The third kappa shape index (κ3) is 5.73. The van der Waals surface area contributed by atoms with Crippen molar-refractivity contribution in [1.82, 2.24) is 14.6 Å². The normalized spacial score (nSPS) is 11.3. The summed E-state index contributed by atoms with van der Waals surface area (Å²) in [5, 5.41) is 15.8. The van der Waals surface area contributed by atoms with Gasteiger partial charge in [0.2, 0.25) is 5.88 Å². The van der Waals surface area contributed by atoms with Crippen LogP contribution in [-0.4, -0.2) is 32.9 Å². The number of hydrogen-bond donors (Lipinski definition) is 0. The SMILES string of the molecule is CCCc1nc2ccc(Br)cc2c(=O)n1N=Cc1cc(OC)c(Oc2ccc([N+](=O)[O-])cn2)c(Br)c1Br. The van der Waals surface area contributed by atoms with Crippen LogP contribution in [0.5, 0.6) is 17.4 Å². The largest absolute Gasteiger partial charge is 0.493 e. The summed E-state index contributed by atoms with van der Waals surface area (Å²) in [6.45, 7) is 2.00. The van der Waals surface area contributed by atoms with Crippen molar-refractivity contribution in [2.24, 2.45) is 5.10 Å². The number of benzene rings is 2. The Morgan fingerprint density at radius 2 is 1.95 bits per heavy atom. The van der Waals surface area contributed by atoms with Crippen molar-refractivity contribution >= 4 is 70.6 Å². The van der Waals surface area contributed by atoms with Gasteiger partial charge < -0.3 is 9.47 Å². The Morgan fingerprint density at radius 3 is 2.59 bits per heavy atom. The van der Waals surface area contributed by atoms with Gasteiger partial charge >= 0.3 is 0 Å². The first-order valence-corrected chi connectivity index (χ1v) is 13.2. The Labute approximate surface area is 235 Å². The fraction of sp³-hybridized carbons (Fsp3) is 0.167. The third-order valence-electron chi connectivity index (χ3n) is 5.18. The van der Waals surface area contributed by atoms with Crippen LogP contribution in [-0.2, 0) is 6.42 Å². The Bertz CT molecular complexity index is 1590. The van der Waals surface area contributed by atoms with E-state index in [0.717, 1.165) is 17.1 Å². The predicted octanol–water partition coefficient (Wildman–Crippen LogP) is 6.62. The van der Waals surface area contributed by atoms with Crippen molar-refractivity contribution in [2.75, 3.05) is 7.11 Å². The van der Waals surface area contributed by atoms with Gasteiger partial charge in [0.1, 0.15) is 12.0 Å². The lowest BCUT2D eigenvalue weighted by Crippen LogP contribution is -2.22. The molecule has 4 rings (SSSR count). The van der Waals surface area contributed by atoms with Crippen LogP contribution in [0, 0.1) is 10.1 Å². The van der Waals surface area contributed by atoms with Crippen molar-refractivity contribution in [1.29, 1.82) is 0 Å². The monoisotopic (exact) mass is 693 g/mol. The Kier molecular flexibility index (Phi) is 8.35. The highest BCUT2D eigenvalue weighted by atomic mass is 79.9. The fourth-order valence-electron chi connectivity index (χ4n) is 3.41. The Balaban J connectivity index is 1.75. The minimum Gasteiger partial charge on any atom is -0.493 e. The van der Waals surface area contributed by atoms with Crippen LogP contribution in [0.4, 0.5) is 5.69 Å². The van der Waals surface area contributed by atoms with E-state index in [1.54, 1.807) is 18.2 Å². The van der Waals surface area contributed by atoms with E-state index in [1.165, 1.54) is 30.1 Å². The molecular weight excluding hydrogens is 678 g/mol. The van der Waals surface area contributed by atoms with Crippen LogP contribution in [0.25, 0.3) is 10.9 Å².